The highest BCUT2D eigenvalue weighted by molar-refractivity contribution is 6.09. The Hall–Kier alpha value is -6.78. The summed E-state index contributed by atoms with van der Waals surface area (Å²) in [5.41, 5.74) is 14.2. The van der Waals surface area contributed by atoms with Gasteiger partial charge < -0.3 is 0 Å². The Bertz CT molecular complexity index is 2610. The molecule has 0 N–H and O–H groups in total. The van der Waals surface area contributed by atoms with Gasteiger partial charge in [0.15, 0.2) is 5.82 Å². The number of aromatic nitrogens is 4. The van der Waals surface area contributed by atoms with Gasteiger partial charge in [-0.2, -0.15) is 0 Å². The van der Waals surface area contributed by atoms with Gasteiger partial charge in [0.05, 0.1) is 28.1 Å². The van der Waals surface area contributed by atoms with Crippen molar-refractivity contribution >= 4 is 21.8 Å². The fraction of sp³-hybridized carbons (Fsp3) is 0.0213. The monoisotopic (exact) mass is 652 g/mol. The molecule has 0 unspecified atom stereocenters. The van der Waals surface area contributed by atoms with Gasteiger partial charge in [-0.15, -0.1) is 0 Å². The minimum absolute atomic E-state index is 0.708. The Morgan fingerprint density at radius 2 is 0.882 bits per heavy atom. The lowest BCUT2D eigenvalue weighted by Gasteiger charge is -2.13. The molecular weight excluding hydrogens is 621 g/mol. The molecule has 0 saturated carbocycles. The van der Waals surface area contributed by atoms with E-state index in [0.29, 0.717) is 5.82 Å². The maximum atomic E-state index is 5.18. The van der Waals surface area contributed by atoms with E-state index in [1.54, 1.807) is 0 Å². The number of nitrogens with zero attached hydrogens (tertiary/aromatic N) is 4. The Labute approximate surface area is 296 Å². The lowest BCUT2D eigenvalue weighted by atomic mass is 9.94. The summed E-state index contributed by atoms with van der Waals surface area (Å²) in [7, 11) is 0. The van der Waals surface area contributed by atoms with Crippen molar-refractivity contribution < 1.29 is 0 Å². The lowest BCUT2D eigenvalue weighted by Crippen LogP contribution is -1.96. The predicted octanol–water partition coefficient (Wildman–Crippen LogP) is 11.9. The normalized spacial score (nSPS) is 11.2. The first-order valence-corrected chi connectivity index (χ1v) is 17.1. The van der Waals surface area contributed by atoms with Crippen LogP contribution in [0, 0.1) is 6.92 Å². The molecule has 4 heteroatoms. The summed E-state index contributed by atoms with van der Waals surface area (Å²) in [4.78, 5) is 20.1. The standard InChI is InChI=1S/C47H32N4/c1-31-20-21-36-26-27-40-41(29-42(34-12-5-2-6-13-34)49-46(40)45(36)48-31)33-24-22-32(23-25-33)38-18-11-19-39(28-38)44-30-43(35-14-7-3-8-15-35)50-47(51-44)37-16-9-4-10-17-37/h2-30H,1H3. The van der Waals surface area contributed by atoms with Crippen LogP contribution in [0.15, 0.2) is 176 Å². The molecule has 9 rings (SSSR count). The van der Waals surface area contributed by atoms with Crippen LogP contribution in [0.3, 0.4) is 0 Å². The number of fused-ring (bicyclic) bond motifs is 3. The quantitative estimate of drug-likeness (QED) is 0.168. The molecule has 4 nitrogen and oxygen atoms in total. The lowest BCUT2D eigenvalue weighted by molar-refractivity contribution is 1.18. The van der Waals surface area contributed by atoms with E-state index in [1.165, 1.54) is 0 Å². The molecule has 0 radical (unpaired) electrons. The van der Waals surface area contributed by atoms with Crippen LogP contribution in [0.2, 0.25) is 0 Å². The third kappa shape index (κ3) is 5.94. The highest BCUT2D eigenvalue weighted by Gasteiger charge is 2.15. The summed E-state index contributed by atoms with van der Waals surface area (Å²) in [5.74, 6) is 0.708. The Morgan fingerprint density at radius 3 is 1.57 bits per heavy atom. The molecule has 0 spiro atoms. The molecule has 0 aliphatic carbocycles. The van der Waals surface area contributed by atoms with E-state index in [9.17, 15) is 0 Å². The van der Waals surface area contributed by atoms with Crippen LogP contribution in [0.25, 0.3) is 89.2 Å². The van der Waals surface area contributed by atoms with Crippen molar-refractivity contribution in [3.05, 3.63) is 182 Å². The second-order valence-corrected chi connectivity index (χ2v) is 12.8. The van der Waals surface area contributed by atoms with Crippen LogP contribution in [0.4, 0.5) is 0 Å². The van der Waals surface area contributed by atoms with Crippen LogP contribution in [0.5, 0.6) is 0 Å². The number of pyridine rings is 2. The van der Waals surface area contributed by atoms with Crippen molar-refractivity contribution in [3.8, 4) is 67.4 Å². The van der Waals surface area contributed by atoms with Gasteiger partial charge >= 0.3 is 0 Å². The van der Waals surface area contributed by atoms with Crippen molar-refractivity contribution in [3.63, 3.8) is 0 Å². The van der Waals surface area contributed by atoms with Gasteiger partial charge in [-0.05, 0) is 53.4 Å². The van der Waals surface area contributed by atoms with E-state index in [4.69, 9.17) is 19.9 Å². The summed E-state index contributed by atoms with van der Waals surface area (Å²) in [5, 5.41) is 2.17. The van der Waals surface area contributed by atoms with Gasteiger partial charge in [0.1, 0.15) is 0 Å². The molecule has 51 heavy (non-hydrogen) atoms. The van der Waals surface area contributed by atoms with Gasteiger partial charge in [0.25, 0.3) is 0 Å². The molecule has 0 atom stereocenters. The SMILES string of the molecule is Cc1ccc2ccc3c(-c4ccc(-c5cccc(-c6cc(-c7ccccc7)nc(-c7ccccc7)n6)c5)cc4)cc(-c4ccccc4)nc3c2n1. The molecule has 3 heterocycles. The molecule has 3 aromatic heterocycles. The Balaban J connectivity index is 1.13. The number of aryl methyl sites for hydroxylation is 1. The molecule has 240 valence electrons. The topological polar surface area (TPSA) is 51.6 Å². The molecule has 6 aromatic carbocycles. The maximum absolute atomic E-state index is 5.18. The van der Waals surface area contributed by atoms with Crippen LogP contribution in [0.1, 0.15) is 5.69 Å². The van der Waals surface area contributed by atoms with Crippen LogP contribution in [-0.4, -0.2) is 19.9 Å². The summed E-state index contributed by atoms with van der Waals surface area (Å²) < 4.78 is 0. The van der Waals surface area contributed by atoms with Gasteiger partial charge in [-0.25, -0.2) is 15.0 Å². The molecule has 0 amide bonds. The summed E-state index contributed by atoms with van der Waals surface area (Å²) in [6, 6.07) is 61.1. The summed E-state index contributed by atoms with van der Waals surface area (Å²) >= 11 is 0. The van der Waals surface area contributed by atoms with Crippen LogP contribution < -0.4 is 0 Å². The summed E-state index contributed by atoms with van der Waals surface area (Å²) in [6.45, 7) is 2.03. The minimum atomic E-state index is 0.708. The Kier molecular flexibility index (Phi) is 7.67. The molecule has 0 fully saturated rings. The van der Waals surface area contributed by atoms with E-state index in [-0.39, 0.29) is 0 Å². The van der Waals surface area contributed by atoms with Crippen molar-refractivity contribution in [1.82, 2.24) is 19.9 Å². The predicted molar refractivity (Wildman–Crippen MR) is 210 cm³/mol. The highest BCUT2D eigenvalue weighted by atomic mass is 14.9. The van der Waals surface area contributed by atoms with Crippen LogP contribution >= 0.6 is 0 Å². The van der Waals surface area contributed by atoms with E-state index < -0.39 is 0 Å². The fourth-order valence-corrected chi connectivity index (χ4v) is 6.73. The Morgan fingerprint density at radius 1 is 0.333 bits per heavy atom. The van der Waals surface area contributed by atoms with Gasteiger partial charge in [-0.3, -0.25) is 4.98 Å². The second kappa shape index (κ2) is 12.9. The summed E-state index contributed by atoms with van der Waals surface area (Å²) in [6.07, 6.45) is 0. The molecular formula is C47H32N4. The van der Waals surface area contributed by atoms with E-state index in [0.717, 1.165) is 89.1 Å². The largest absolute Gasteiger partial charge is 0.251 e. The molecule has 0 saturated heterocycles. The first-order valence-electron chi connectivity index (χ1n) is 17.1. The van der Waals surface area contributed by atoms with Gasteiger partial charge in [-0.1, -0.05) is 152 Å². The molecule has 0 aliphatic heterocycles. The first kappa shape index (κ1) is 30.3. The van der Waals surface area contributed by atoms with E-state index >= 15 is 0 Å². The van der Waals surface area contributed by atoms with E-state index in [1.807, 2.05) is 49.4 Å². The number of benzene rings is 6. The number of hydrogen-bond donors (Lipinski definition) is 0. The average Bonchev–Trinajstić information content (AvgIpc) is 3.21. The third-order valence-electron chi connectivity index (χ3n) is 9.36. The van der Waals surface area contributed by atoms with Gasteiger partial charge in [0, 0.05) is 38.7 Å². The first-order chi connectivity index (χ1) is 25.2. The van der Waals surface area contributed by atoms with Crippen LogP contribution in [-0.2, 0) is 0 Å². The number of rotatable bonds is 6. The molecule has 0 bridgehead atoms. The zero-order valence-corrected chi connectivity index (χ0v) is 28.0. The highest BCUT2D eigenvalue weighted by Crippen LogP contribution is 2.37. The third-order valence-corrected chi connectivity index (χ3v) is 9.36. The van der Waals surface area contributed by atoms with Crippen molar-refractivity contribution in [2.45, 2.75) is 6.92 Å². The molecule has 0 aliphatic rings. The smallest absolute Gasteiger partial charge is 0.160 e. The number of hydrogen-bond acceptors (Lipinski definition) is 4. The average molecular weight is 653 g/mol. The zero-order chi connectivity index (χ0) is 34.1. The van der Waals surface area contributed by atoms with Crippen molar-refractivity contribution in [2.75, 3.05) is 0 Å². The maximum Gasteiger partial charge on any atom is 0.160 e. The molecule has 9 aromatic rings. The van der Waals surface area contributed by atoms with E-state index in [2.05, 4.69) is 133 Å². The fourth-order valence-electron chi connectivity index (χ4n) is 6.73. The zero-order valence-electron chi connectivity index (χ0n) is 28.0. The van der Waals surface area contributed by atoms with Gasteiger partial charge in [0.2, 0.25) is 0 Å². The van der Waals surface area contributed by atoms with Crippen molar-refractivity contribution in [1.29, 1.82) is 0 Å². The second-order valence-electron chi connectivity index (χ2n) is 12.8. The minimum Gasteiger partial charge on any atom is -0.251 e. The van der Waals surface area contributed by atoms with Crippen molar-refractivity contribution in [2.24, 2.45) is 0 Å².